The molecule has 1 N–H and O–H groups in total. The molecule has 0 spiro atoms. The standard InChI is InChI=1S/C22H29N3O5S/c1-5-21(18-12-11-16(2)17(3)14-18)23-22(26)10-7-13-24(31(4,29)30)19-8-6-9-20(15-19)25(27)28/h6,8-9,11-12,14-15,21H,5,7,10,13H2,1-4H3,(H,23,26)/t21-/m1/s1. The van der Waals surface area contributed by atoms with E-state index in [1.54, 1.807) is 0 Å². The zero-order valence-corrected chi connectivity index (χ0v) is 19.1. The van der Waals surface area contributed by atoms with Gasteiger partial charge in [-0.05, 0) is 49.4 Å². The average Bonchev–Trinajstić information content (AvgIpc) is 2.70. The third kappa shape index (κ3) is 6.78. The Balaban J connectivity index is 2.03. The van der Waals surface area contributed by atoms with Crippen molar-refractivity contribution in [2.75, 3.05) is 17.1 Å². The summed E-state index contributed by atoms with van der Waals surface area (Å²) in [5, 5.41) is 14.0. The molecule has 8 nitrogen and oxygen atoms in total. The van der Waals surface area contributed by atoms with Crippen molar-refractivity contribution in [3.05, 3.63) is 69.3 Å². The van der Waals surface area contributed by atoms with Crippen LogP contribution in [0.25, 0.3) is 0 Å². The first-order chi connectivity index (χ1) is 14.5. The van der Waals surface area contributed by atoms with Crippen molar-refractivity contribution in [3.63, 3.8) is 0 Å². The van der Waals surface area contributed by atoms with Gasteiger partial charge in [0.25, 0.3) is 5.69 Å². The number of non-ortho nitro benzene ring substituents is 1. The molecule has 0 radical (unpaired) electrons. The summed E-state index contributed by atoms with van der Waals surface area (Å²) in [6, 6.07) is 11.4. The van der Waals surface area contributed by atoms with E-state index < -0.39 is 14.9 Å². The minimum absolute atomic E-state index is 0.0495. The molecule has 1 amide bonds. The quantitative estimate of drug-likeness (QED) is 0.437. The summed E-state index contributed by atoms with van der Waals surface area (Å²) in [4.78, 5) is 22.9. The monoisotopic (exact) mass is 447 g/mol. The van der Waals surface area contributed by atoms with E-state index in [9.17, 15) is 23.3 Å². The SMILES string of the molecule is CC[C@@H](NC(=O)CCCN(c1cccc([N+](=O)[O-])c1)S(C)(=O)=O)c1ccc(C)c(C)c1. The van der Waals surface area contributed by atoms with Crippen LogP contribution in [-0.4, -0.2) is 32.0 Å². The van der Waals surface area contributed by atoms with Crippen LogP contribution in [0.4, 0.5) is 11.4 Å². The smallest absolute Gasteiger partial charge is 0.271 e. The number of amides is 1. The van der Waals surface area contributed by atoms with Gasteiger partial charge in [-0.1, -0.05) is 31.2 Å². The molecular formula is C22H29N3O5S. The number of hydrogen-bond acceptors (Lipinski definition) is 5. The summed E-state index contributed by atoms with van der Waals surface area (Å²) < 4.78 is 25.5. The highest BCUT2D eigenvalue weighted by Gasteiger charge is 2.20. The van der Waals surface area contributed by atoms with Crippen molar-refractivity contribution in [2.45, 2.75) is 46.1 Å². The van der Waals surface area contributed by atoms with Gasteiger partial charge in [-0.3, -0.25) is 19.2 Å². The molecule has 0 aliphatic rings. The maximum absolute atomic E-state index is 12.5. The lowest BCUT2D eigenvalue weighted by Crippen LogP contribution is -2.33. The number of carbonyl (C=O) groups is 1. The number of benzene rings is 2. The number of carbonyl (C=O) groups excluding carboxylic acids is 1. The summed E-state index contributed by atoms with van der Waals surface area (Å²) in [5.41, 5.74) is 3.40. The molecule has 168 valence electrons. The lowest BCUT2D eigenvalue weighted by Gasteiger charge is -2.23. The van der Waals surface area contributed by atoms with Gasteiger partial charge in [0, 0.05) is 25.1 Å². The Morgan fingerprint density at radius 2 is 1.87 bits per heavy atom. The van der Waals surface area contributed by atoms with Crippen LogP contribution in [0.3, 0.4) is 0 Å². The maximum Gasteiger partial charge on any atom is 0.271 e. The van der Waals surface area contributed by atoms with Crippen molar-refractivity contribution in [3.8, 4) is 0 Å². The number of hydrogen-bond donors (Lipinski definition) is 1. The number of nitrogens with one attached hydrogen (secondary N) is 1. The predicted octanol–water partition coefficient (Wildman–Crippen LogP) is 4.03. The number of rotatable bonds is 10. The van der Waals surface area contributed by atoms with Gasteiger partial charge in [-0.25, -0.2) is 8.42 Å². The maximum atomic E-state index is 12.5. The molecule has 9 heteroatoms. The van der Waals surface area contributed by atoms with Gasteiger partial charge in [0.05, 0.1) is 22.9 Å². The zero-order chi connectivity index (χ0) is 23.2. The highest BCUT2D eigenvalue weighted by atomic mass is 32.2. The van der Waals surface area contributed by atoms with Gasteiger partial charge in [-0.2, -0.15) is 0 Å². The Kier molecular flexibility index (Phi) is 8.15. The average molecular weight is 448 g/mol. The lowest BCUT2D eigenvalue weighted by molar-refractivity contribution is -0.384. The molecule has 0 aliphatic heterocycles. The van der Waals surface area contributed by atoms with Gasteiger partial charge in [0.15, 0.2) is 0 Å². The Labute approximate surface area is 183 Å². The third-order valence-electron chi connectivity index (χ3n) is 5.17. The Bertz CT molecular complexity index is 1050. The summed E-state index contributed by atoms with van der Waals surface area (Å²) in [5.74, 6) is -0.169. The van der Waals surface area contributed by atoms with Crippen LogP contribution in [0.2, 0.25) is 0 Å². The molecule has 0 saturated carbocycles. The number of sulfonamides is 1. The Hall–Kier alpha value is -2.94. The molecule has 0 saturated heterocycles. The number of nitro groups is 1. The van der Waals surface area contributed by atoms with E-state index in [1.807, 2.05) is 32.9 Å². The molecule has 0 unspecified atom stereocenters. The summed E-state index contributed by atoms with van der Waals surface area (Å²) in [6.07, 6.45) is 2.20. The predicted molar refractivity (Wildman–Crippen MR) is 122 cm³/mol. The van der Waals surface area contributed by atoms with Crippen LogP contribution in [-0.2, 0) is 14.8 Å². The van der Waals surface area contributed by atoms with Crippen LogP contribution in [0, 0.1) is 24.0 Å². The first-order valence-corrected chi connectivity index (χ1v) is 12.0. The minimum atomic E-state index is -3.66. The second-order valence-electron chi connectivity index (χ2n) is 7.59. The molecule has 0 heterocycles. The van der Waals surface area contributed by atoms with Crippen LogP contribution < -0.4 is 9.62 Å². The van der Waals surface area contributed by atoms with Gasteiger partial charge in [0.2, 0.25) is 15.9 Å². The normalized spacial score (nSPS) is 12.3. The Morgan fingerprint density at radius 3 is 2.45 bits per heavy atom. The van der Waals surface area contributed by atoms with Crippen molar-refractivity contribution >= 4 is 27.3 Å². The highest BCUT2D eigenvalue weighted by Crippen LogP contribution is 2.24. The zero-order valence-electron chi connectivity index (χ0n) is 18.3. The largest absolute Gasteiger partial charge is 0.349 e. The minimum Gasteiger partial charge on any atom is -0.349 e. The van der Waals surface area contributed by atoms with Crippen molar-refractivity contribution in [1.82, 2.24) is 5.32 Å². The van der Waals surface area contributed by atoms with E-state index in [4.69, 9.17) is 0 Å². The van der Waals surface area contributed by atoms with E-state index in [2.05, 4.69) is 11.4 Å². The van der Waals surface area contributed by atoms with E-state index in [0.29, 0.717) is 0 Å². The second kappa shape index (κ2) is 10.4. The molecule has 0 fully saturated rings. The molecular weight excluding hydrogens is 418 g/mol. The highest BCUT2D eigenvalue weighted by molar-refractivity contribution is 7.92. The number of aryl methyl sites for hydroxylation is 2. The van der Waals surface area contributed by atoms with Crippen molar-refractivity contribution in [2.24, 2.45) is 0 Å². The van der Waals surface area contributed by atoms with Gasteiger partial charge < -0.3 is 5.32 Å². The number of anilines is 1. The molecule has 2 aromatic carbocycles. The van der Waals surface area contributed by atoms with Gasteiger partial charge >= 0.3 is 0 Å². The third-order valence-corrected chi connectivity index (χ3v) is 6.36. The fourth-order valence-corrected chi connectivity index (χ4v) is 4.26. The molecule has 2 rings (SSSR count). The molecule has 1 atom stereocenters. The van der Waals surface area contributed by atoms with Gasteiger partial charge in [0.1, 0.15) is 0 Å². The van der Waals surface area contributed by atoms with E-state index in [-0.39, 0.29) is 42.7 Å². The van der Waals surface area contributed by atoms with Crippen LogP contribution in [0.1, 0.15) is 48.9 Å². The fraction of sp³-hybridized carbons (Fsp3) is 0.409. The van der Waals surface area contributed by atoms with Crippen LogP contribution >= 0.6 is 0 Å². The summed E-state index contributed by atoms with van der Waals surface area (Å²) in [7, 11) is -3.66. The van der Waals surface area contributed by atoms with E-state index in [1.165, 1.54) is 29.8 Å². The fourth-order valence-electron chi connectivity index (χ4n) is 3.30. The molecule has 2 aromatic rings. The first kappa shape index (κ1) is 24.3. The molecule has 31 heavy (non-hydrogen) atoms. The van der Waals surface area contributed by atoms with E-state index >= 15 is 0 Å². The van der Waals surface area contributed by atoms with E-state index in [0.717, 1.165) is 28.1 Å². The first-order valence-electron chi connectivity index (χ1n) is 10.1. The summed E-state index contributed by atoms with van der Waals surface area (Å²) >= 11 is 0. The van der Waals surface area contributed by atoms with Crippen LogP contribution in [0.15, 0.2) is 42.5 Å². The topological polar surface area (TPSA) is 110 Å². The van der Waals surface area contributed by atoms with Crippen molar-refractivity contribution in [1.29, 1.82) is 0 Å². The lowest BCUT2D eigenvalue weighted by atomic mass is 9.99. The molecule has 0 bridgehead atoms. The molecule has 0 aromatic heterocycles. The Morgan fingerprint density at radius 1 is 1.16 bits per heavy atom. The summed E-state index contributed by atoms with van der Waals surface area (Å²) in [6.45, 7) is 6.11. The molecule has 0 aliphatic carbocycles. The number of nitro benzene ring substituents is 1. The number of nitrogens with zero attached hydrogens (tertiary/aromatic N) is 2. The van der Waals surface area contributed by atoms with Crippen molar-refractivity contribution < 1.29 is 18.1 Å². The van der Waals surface area contributed by atoms with Crippen LogP contribution in [0.5, 0.6) is 0 Å². The second-order valence-corrected chi connectivity index (χ2v) is 9.49. The van der Waals surface area contributed by atoms with Gasteiger partial charge in [-0.15, -0.1) is 0 Å².